The van der Waals surface area contributed by atoms with Crippen molar-refractivity contribution < 1.29 is 29.8 Å². The van der Waals surface area contributed by atoms with Gasteiger partial charge in [-0.1, -0.05) is 22.5 Å². The van der Waals surface area contributed by atoms with Crippen molar-refractivity contribution in [2.45, 2.75) is 13.0 Å². The number of ketones is 1. The third-order valence-corrected chi connectivity index (χ3v) is 2.76. The molecule has 0 heterocycles. The largest absolute Gasteiger partial charge is 1.00 e. The number of carbonyl (C=O) groups is 1. The SMILES string of the molecule is C=C(C)C(=O)C(O)COP(=O)(O)OCCBr.[H+]. The van der Waals surface area contributed by atoms with Crippen molar-refractivity contribution in [1.82, 2.24) is 0 Å². The summed E-state index contributed by atoms with van der Waals surface area (Å²) in [7, 11) is -4.20. The predicted molar refractivity (Wildman–Crippen MR) is 62.5 cm³/mol. The minimum Gasteiger partial charge on any atom is -0.382 e. The molecule has 0 aromatic carbocycles. The molecule has 0 spiro atoms. The average molecular weight is 318 g/mol. The third kappa shape index (κ3) is 6.52. The van der Waals surface area contributed by atoms with Gasteiger partial charge in [-0.05, 0) is 12.5 Å². The number of aliphatic hydroxyl groups is 1. The van der Waals surface area contributed by atoms with Crippen LogP contribution in [0.3, 0.4) is 0 Å². The summed E-state index contributed by atoms with van der Waals surface area (Å²) in [6.07, 6.45) is -1.51. The molecule has 0 saturated heterocycles. The molecule has 6 nitrogen and oxygen atoms in total. The Hall–Kier alpha value is -0.0400. The molecule has 0 saturated carbocycles. The fraction of sp³-hybridized carbons (Fsp3) is 0.625. The maximum atomic E-state index is 11.1. The molecular formula is C8H15BrO6P+. The van der Waals surface area contributed by atoms with Crippen molar-refractivity contribution in [2.75, 3.05) is 18.5 Å². The number of phosphoric ester groups is 1. The lowest BCUT2D eigenvalue weighted by Crippen LogP contribution is -2.26. The first-order chi connectivity index (χ1) is 7.30. The fourth-order valence-corrected chi connectivity index (χ4v) is 1.85. The van der Waals surface area contributed by atoms with E-state index in [4.69, 9.17) is 4.89 Å². The highest BCUT2D eigenvalue weighted by molar-refractivity contribution is 9.09. The number of aliphatic hydroxyl groups excluding tert-OH is 1. The number of Topliss-reactive ketones (excluding diaryl/α,β-unsaturated/α-hetero) is 1. The van der Waals surface area contributed by atoms with Crippen LogP contribution in [-0.2, 0) is 18.4 Å². The summed E-state index contributed by atoms with van der Waals surface area (Å²) in [5, 5.41) is 9.61. The van der Waals surface area contributed by atoms with E-state index in [1.807, 2.05) is 0 Å². The molecule has 0 radical (unpaired) electrons. The first-order valence-corrected chi connectivity index (χ1v) is 6.97. The van der Waals surface area contributed by atoms with Crippen LogP contribution < -0.4 is 0 Å². The molecule has 16 heavy (non-hydrogen) atoms. The van der Waals surface area contributed by atoms with Gasteiger partial charge in [0, 0.05) is 5.33 Å². The highest BCUT2D eigenvalue weighted by atomic mass is 79.9. The Labute approximate surface area is 103 Å². The van der Waals surface area contributed by atoms with Crippen LogP contribution in [0.25, 0.3) is 0 Å². The van der Waals surface area contributed by atoms with Gasteiger partial charge in [-0.15, -0.1) is 0 Å². The van der Waals surface area contributed by atoms with E-state index in [0.717, 1.165) is 0 Å². The van der Waals surface area contributed by atoms with E-state index in [0.29, 0.717) is 5.33 Å². The maximum Gasteiger partial charge on any atom is 1.00 e. The topological polar surface area (TPSA) is 93.1 Å². The van der Waals surface area contributed by atoms with Gasteiger partial charge < -0.3 is 10.00 Å². The van der Waals surface area contributed by atoms with Gasteiger partial charge in [0.25, 0.3) is 0 Å². The molecule has 0 aromatic rings. The van der Waals surface area contributed by atoms with Crippen LogP contribution in [0, 0.1) is 0 Å². The first-order valence-electron chi connectivity index (χ1n) is 4.36. The number of halogens is 1. The zero-order chi connectivity index (χ0) is 12.8. The van der Waals surface area contributed by atoms with Gasteiger partial charge in [0.2, 0.25) is 0 Å². The number of hydrogen-bond acceptors (Lipinski definition) is 5. The smallest absolute Gasteiger partial charge is 0.382 e. The van der Waals surface area contributed by atoms with Crippen molar-refractivity contribution >= 4 is 29.5 Å². The summed E-state index contributed by atoms with van der Waals surface area (Å²) in [6, 6.07) is 0. The molecular weight excluding hydrogens is 303 g/mol. The Morgan fingerprint density at radius 3 is 2.62 bits per heavy atom. The number of rotatable bonds is 8. The second-order valence-electron chi connectivity index (χ2n) is 2.95. The summed E-state index contributed by atoms with van der Waals surface area (Å²) in [6.45, 7) is 4.13. The molecule has 2 unspecified atom stereocenters. The minimum absolute atomic E-state index is 0. The van der Waals surface area contributed by atoms with Crippen LogP contribution in [0.5, 0.6) is 0 Å². The van der Waals surface area contributed by atoms with E-state index >= 15 is 0 Å². The summed E-state index contributed by atoms with van der Waals surface area (Å²) in [5.74, 6) is -0.638. The molecule has 0 amide bonds. The molecule has 0 aliphatic heterocycles. The van der Waals surface area contributed by atoms with Gasteiger partial charge in [0.15, 0.2) is 5.78 Å². The summed E-state index contributed by atoms with van der Waals surface area (Å²) >= 11 is 3.00. The minimum atomic E-state index is -4.20. The van der Waals surface area contributed by atoms with Gasteiger partial charge in [-0.25, -0.2) is 4.57 Å². The zero-order valence-electron chi connectivity index (χ0n) is 9.76. The fourth-order valence-electron chi connectivity index (χ4n) is 0.712. The highest BCUT2D eigenvalue weighted by Gasteiger charge is 2.25. The van der Waals surface area contributed by atoms with Crippen LogP contribution in [0.4, 0.5) is 0 Å². The molecule has 94 valence electrons. The Balaban J connectivity index is 0. The second kappa shape index (κ2) is 7.32. The molecule has 0 aliphatic carbocycles. The van der Waals surface area contributed by atoms with Gasteiger partial charge in [0.05, 0.1) is 13.2 Å². The van der Waals surface area contributed by atoms with Crippen molar-refractivity contribution in [3.8, 4) is 0 Å². The Morgan fingerprint density at radius 2 is 2.19 bits per heavy atom. The van der Waals surface area contributed by atoms with Gasteiger partial charge in [-0.3, -0.25) is 13.8 Å². The normalized spacial score (nSPS) is 16.5. The summed E-state index contributed by atoms with van der Waals surface area (Å²) in [5.41, 5.74) is 0.144. The summed E-state index contributed by atoms with van der Waals surface area (Å²) in [4.78, 5) is 20.2. The molecule has 0 aliphatic rings. The van der Waals surface area contributed by atoms with Gasteiger partial charge in [0.1, 0.15) is 6.10 Å². The van der Waals surface area contributed by atoms with E-state index in [1.165, 1.54) is 6.92 Å². The quantitative estimate of drug-likeness (QED) is 0.396. The Bertz CT molecular complexity index is 310. The number of hydrogen-bond donors (Lipinski definition) is 2. The van der Waals surface area contributed by atoms with Crippen molar-refractivity contribution in [2.24, 2.45) is 0 Å². The lowest BCUT2D eigenvalue weighted by Gasteiger charge is -2.14. The number of phosphoric acid groups is 1. The first kappa shape index (κ1) is 16.0. The van der Waals surface area contributed by atoms with E-state index in [-0.39, 0.29) is 13.6 Å². The van der Waals surface area contributed by atoms with Crippen LogP contribution in [0.15, 0.2) is 12.2 Å². The summed E-state index contributed by atoms with van der Waals surface area (Å²) < 4.78 is 20.0. The monoisotopic (exact) mass is 317 g/mol. The maximum absolute atomic E-state index is 11.1. The molecule has 8 heteroatoms. The van der Waals surface area contributed by atoms with Crippen LogP contribution >= 0.6 is 23.8 Å². The molecule has 0 fully saturated rings. The van der Waals surface area contributed by atoms with Crippen LogP contribution in [0.1, 0.15) is 8.35 Å². The van der Waals surface area contributed by atoms with E-state index < -0.39 is 26.3 Å². The molecule has 2 atom stereocenters. The van der Waals surface area contributed by atoms with Crippen molar-refractivity contribution in [3.63, 3.8) is 0 Å². The Kier molecular flexibility index (Phi) is 7.30. The third-order valence-electron chi connectivity index (χ3n) is 1.45. The zero-order valence-corrected chi connectivity index (χ0v) is 11.2. The van der Waals surface area contributed by atoms with Crippen molar-refractivity contribution in [3.05, 3.63) is 12.2 Å². The van der Waals surface area contributed by atoms with Gasteiger partial charge in [-0.2, -0.15) is 0 Å². The van der Waals surface area contributed by atoms with Crippen LogP contribution in [-0.4, -0.2) is 40.4 Å². The van der Waals surface area contributed by atoms with Crippen LogP contribution in [0.2, 0.25) is 0 Å². The number of alkyl halides is 1. The molecule has 0 bridgehead atoms. The van der Waals surface area contributed by atoms with Crippen molar-refractivity contribution in [1.29, 1.82) is 0 Å². The predicted octanol–water partition coefficient (Wildman–Crippen LogP) is 1.13. The number of carbonyl (C=O) groups excluding carboxylic acids is 1. The molecule has 2 N–H and O–H groups in total. The average Bonchev–Trinajstić information content (AvgIpc) is 2.22. The van der Waals surface area contributed by atoms with E-state index in [9.17, 15) is 14.5 Å². The Morgan fingerprint density at radius 1 is 1.62 bits per heavy atom. The van der Waals surface area contributed by atoms with E-state index in [1.54, 1.807) is 0 Å². The van der Waals surface area contributed by atoms with Gasteiger partial charge >= 0.3 is 9.25 Å². The van der Waals surface area contributed by atoms with E-state index in [2.05, 4.69) is 31.6 Å². The molecule has 0 rings (SSSR count). The highest BCUT2D eigenvalue weighted by Crippen LogP contribution is 2.43. The second-order valence-corrected chi connectivity index (χ2v) is 5.19. The standard InChI is InChI=1S/C8H14BrO6P/c1-6(2)8(11)7(10)5-15-16(12,13)14-4-3-9/h7,10H,1,3-5H2,2H3,(H,12,13)/p+1. The molecule has 0 aromatic heterocycles. The lowest BCUT2D eigenvalue weighted by atomic mass is 10.1. The lowest BCUT2D eigenvalue weighted by molar-refractivity contribution is -0.124.